The Hall–Kier alpha value is -4.88. The van der Waals surface area contributed by atoms with Gasteiger partial charge in [0.15, 0.2) is 12.4 Å². The number of nitrogens with one attached hydrogen (secondary N) is 2. The Balaban J connectivity index is 0.000000616. The van der Waals surface area contributed by atoms with Crippen LogP contribution in [-0.2, 0) is 16.6 Å². The van der Waals surface area contributed by atoms with Crippen molar-refractivity contribution in [2.75, 3.05) is 19.0 Å². The number of hydrogen-bond acceptors (Lipinski definition) is 8. The van der Waals surface area contributed by atoms with Crippen molar-refractivity contribution < 1.29 is 37.3 Å². The van der Waals surface area contributed by atoms with Crippen LogP contribution in [0.5, 0.6) is 11.5 Å². The summed E-state index contributed by atoms with van der Waals surface area (Å²) in [6.07, 6.45) is -1.47. The van der Waals surface area contributed by atoms with Crippen molar-refractivity contribution in [1.29, 1.82) is 0 Å². The highest BCUT2D eigenvalue weighted by molar-refractivity contribution is 5.96. The minimum atomic E-state index is -5.08. The van der Waals surface area contributed by atoms with Gasteiger partial charge in [-0.15, -0.1) is 0 Å². The lowest BCUT2D eigenvalue weighted by Crippen LogP contribution is -2.43. The summed E-state index contributed by atoms with van der Waals surface area (Å²) in [7, 11) is 3.50. The number of carbonyl (C=O) groups is 2. The second-order valence-electron chi connectivity index (χ2n) is 10.1. The third kappa shape index (κ3) is 8.56. The van der Waals surface area contributed by atoms with Gasteiger partial charge in [0.05, 0.1) is 24.5 Å². The SMILES string of the molecule is COc1ccc2nc(-c3cccc(OCC(=O)NC(C)(C)C)c3)nc(Nc3cnn(C)c3)c2c1C.O=C(O)C(F)(F)F. The normalized spacial score (nSPS) is 11.4. The fourth-order valence-corrected chi connectivity index (χ4v) is 3.76. The van der Waals surface area contributed by atoms with Crippen molar-refractivity contribution in [2.24, 2.45) is 7.05 Å². The molecular weight excluding hydrogens is 557 g/mol. The van der Waals surface area contributed by atoms with Gasteiger partial charge < -0.3 is 25.2 Å². The average molecular weight is 589 g/mol. The van der Waals surface area contributed by atoms with E-state index in [4.69, 9.17) is 29.3 Å². The Labute approximate surface area is 239 Å². The van der Waals surface area contributed by atoms with E-state index in [0.29, 0.717) is 17.4 Å². The minimum Gasteiger partial charge on any atom is -0.496 e. The molecule has 0 radical (unpaired) electrons. The maximum atomic E-state index is 12.2. The molecule has 2 heterocycles. The lowest BCUT2D eigenvalue weighted by Gasteiger charge is -2.20. The number of fused-ring (bicyclic) bond motifs is 1. The molecule has 0 bridgehead atoms. The Morgan fingerprint density at radius 1 is 1.10 bits per heavy atom. The number of carboxylic acid groups (broad SMARTS) is 1. The van der Waals surface area contributed by atoms with E-state index in [1.165, 1.54) is 0 Å². The van der Waals surface area contributed by atoms with E-state index in [2.05, 4.69) is 15.7 Å². The summed E-state index contributed by atoms with van der Waals surface area (Å²) in [5.74, 6) is -0.456. The molecule has 0 spiro atoms. The standard InChI is InChI=1S/C26H30N6O3.C2HF3O2/c1-16-21(34-6)11-10-20-23(16)25(28-18-13-27-32(5)14-18)30-24(29-20)17-8-7-9-19(12-17)35-15-22(33)31-26(2,3)4;3-2(4,5)1(6)7/h7-14H,15H2,1-6H3,(H,31,33)(H,28,29,30);(H,6,7). The molecular formula is C28H31F3N6O5. The predicted octanol–water partition coefficient (Wildman–Crippen LogP) is 5.02. The molecule has 14 heteroatoms. The van der Waals surface area contributed by atoms with Crippen LogP contribution in [0.4, 0.5) is 24.7 Å². The number of aromatic nitrogens is 4. The smallest absolute Gasteiger partial charge is 0.490 e. The van der Waals surface area contributed by atoms with Gasteiger partial charge in [0, 0.05) is 35.3 Å². The Morgan fingerprint density at radius 3 is 2.36 bits per heavy atom. The molecule has 0 aliphatic heterocycles. The van der Waals surface area contributed by atoms with E-state index in [0.717, 1.165) is 33.5 Å². The van der Waals surface area contributed by atoms with Gasteiger partial charge in [0.2, 0.25) is 0 Å². The summed E-state index contributed by atoms with van der Waals surface area (Å²) in [4.78, 5) is 30.7. The Bertz CT molecular complexity index is 1580. The number of carbonyl (C=O) groups excluding carboxylic acids is 1. The van der Waals surface area contributed by atoms with Crippen LogP contribution in [0.25, 0.3) is 22.3 Å². The lowest BCUT2D eigenvalue weighted by molar-refractivity contribution is -0.192. The van der Waals surface area contributed by atoms with Gasteiger partial charge in [-0.1, -0.05) is 12.1 Å². The first-order valence-electron chi connectivity index (χ1n) is 12.5. The maximum absolute atomic E-state index is 12.2. The molecule has 2 aromatic heterocycles. The van der Waals surface area contributed by atoms with E-state index in [1.54, 1.807) is 24.1 Å². The van der Waals surface area contributed by atoms with E-state index < -0.39 is 12.1 Å². The van der Waals surface area contributed by atoms with E-state index >= 15 is 0 Å². The molecule has 2 aromatic carbocycles. The van der Waals surface area contributed by atoms with Crippen LogP contribution < -0.4 is 20.1 Å². The van der Waals surface area contributed by atoms with Gasteiger partial charge in [0.25, 0.3) is 5.91 Å². The van der Waals surface area contributed by atoms with E-state index in [-0.39, 0.29) is 18.1 Å². The monoisotopic (exact) mass is 588 g/mol. The molecule has 0 fully saturated rings. The van der Waals surface area contributed by atoms with Crippen molar-refractivity contribution in [3.63, 3.8) is 0 Å². The Morgan fingerprint density at radius 2 is 1.79 bits per heavy atom. The van der Waals surface area contributed by atoms with Gasteiger partial charge in [-0.05, 0) is 52.0 Å². The maximum Gasteiger partial charge on any atom is 0.490 e. The molecule has 0 unspecified atom stereocenters. The van der Waals surface area contributed by atoms with Gasteiger partial charge in [-0.3, -0.25) is 9.48 Å². The number of alkyl halides is 3. The number of halogens is 3. The lowest BCUT2D eigenvalue weighted by atomic mass is 10.1. The minimum absolute atomic E-state index is 0.0773. The molecule has 3 N–H and O–H groups in total. The first-order chi connectivity index (χ1) is 19.6. The number of aryl methyl sites for hydroxylation is 2. The van der Waals surface area contributed by atoms with E-state index in [9.17, 15) is 18.0 Å². The van der Waals surface area contributed by atoms with Crippen molar-refractivity contribution in [3.8, 4) is 22.9 Å². The summed E-state index contributed by atoms with van der Waals surface area (Å²) < 4.78 is 44.7. The number of benzene rings is 2. The average Bonchev–Trinajstić information content (AvgIpc) is 3.30. The predicted molar refractivity (Wildman–Crippen MR) is 150 cm³/mol. The second-order valence-corrected chi connectivity index (χ2v) is 10.1. The number of anilines is 2. The number of rotatable bonds is 7. The summed E-state index contributed by atoms with van der Waals surface area (Å²) in [6, 6.07) is 11.2. The number of methoxy groups -OCH3 is 1. The number of nitrogens with zero attached hydrogens (tertiary/aromatic N) is 4. The highest BCUT2D eigenvalue weighted by atomic mass is 19.4. The molecule has 0 saturated carbocycles. The fraction of sp³-hybridized carbons (Fsp3) is 0.321. The molecule has 4 rings (SSSR count). The number of ether oxygens (including phenoxy) is 2. The van der Waals surface area contributed by atoms with Crippen molar-refractivity contribution in [3.05, 3.63) is 54.4 Å². The quantitative estimate of drug-likeness (QED) is 0.272. The van der Waals surface area contributed by atoms with Crippen molar-refractivity contribution in [2.45, 2.75) is 39.4 Å². The third-order valence-corrected chi connectivity index (χ3v) is 5.48. The molecule has 42 heavy (non-hydrogen) atoms. The van der Waals surface area contributed by atoms with Gasteiger partial charge in [0.1, 0.15) is 17.3 Å². The summed E-state index contributed by atoms with van der Waals surface area (Å²) in [5, 5.41) is 18.5. The van der Waals surface area contributed by atoms with Crippen molar-refractivity contribution >= 4 is 34.3 Å². The van der Waals surface area contributed by atoms with Crippen molar-refractivity contribution in [1.82, 2.24) is 25.1 Å². The Kier molecular flexibility index (Phi) is 9.60. The largest absolute Gasteiger partial charge is 0.496 e. The van der Waals surface area contributed by atoms with E-state index in [1.807, 2.05) is 71.3 Å². The molecule has 11 nitrogen and oxygen atoms in total. The molecule has 0 atom stereocenters. The summed E-state index contributed by atoms with van der Waals surface area (Å²) in [6.45, 7) is 7.69. The van der Waals surface area contributed by atoms with Gasteiger partial charge in [-0.2, -0.15) is 18.3 Å². The molecule has 0 saturated heterocycles. The van der Waals surface area contributed by atoms with Crippen LogP contribution in [0.2, 0.25) is 0 Å². The first kappa shape index (κ1) is 31.6. The highest BCUT2D eigenvalue weighted by Crippen LogP contribution is 2.34. The zero-order valence-corrected chi connectivity index (χ0v) is 23.8. The highest BCUT2D eigenvalue weighted by Gasteiger charge is 2.38. The van der Waals surface area contributed by atoms with Crippen LogP contribution in [0.1, 0.15) is 26.3 Å². The zero-order valence-electron chi connectivity index (χ0n) is 23.8. The number of amides is 1. The molecule has 4 aromatic rings. The third-order valence-electron chi connectivity index (χ3n) is 5.48. The van der Waals surface area contributed by atoms with Crippen LogP contribution in [0.3, 0.4) is 0 Å². The second kappa shape index (κ2) is 12.7. The van der Waals surface area contributed by atoms with Crippen LogP contribution in [0, 0.1) is 6.92 Å². The number of carboxylic acids is 1. The summed E-state index contributed by atoms with van der Waals surface area (Å²) in [5.41, 5.74) is 2.96. The number of aliphatic carboxylic acids is 1. The summed E-state index contributed by atoms with van der Waals surface area (Å²) >= 11 is 0. The molecule has 0 aliphatic carbocycles. The zero-order chi connectivity index (χ0) is 31.2. The topological polar surface area (TPSA) is 140 Å². The number of hydrogen-bond donors (Lipinski definition) is 3. The van der Waals surface area contributed by atoms with Gasteiger partial charge >= 0.3 is 12.1 Å². The fourth-order valence-electron chi connectivity index (χ4n) is 3.76. The molecule has 0 aliphatic rings. The van der Waals surface area contributed by atoms with Crippen LogP contribution >= 0.6 is 0 Å². The van der Waals surface area contributed by atoms with Gasteiger partial charge in [-0.25, -0.2) is 14.8 Å². The van der Waals surface area contributed by atoms with Crippen LogP contribution in [0.15, 0.2) is 48.8 Å². The van der Waals surface area contributed by atoms with Crippen LogP contribution in [-0.4, -0.2) is 62.2 Å². The first-order valence-corrected chi connectivity index (χ1v) is 12.5. The molecule has 224 valence electrons. The molecule has 1 amide bonds.